The number of methoxy groups -OCH3 is 2. The van der Waals surface area contributed by atoms with Gasteiger partial charge in [-0.25, -0.2) is 4.98 Å². The molecule has 2 aromatic rings. The molecule has 1 fully saturated rings. The van der Waals surface area contributed by atoms with Gasteiger partial charge in [0, 0.05) is 24.4 Å². The van der Waals surface area contributed by atoms with E-state index in [2.05, 4.69) is 15.9 Å². The Bertz CT molecular complexity index is 954. The van der Waals surface area contributed by atoms with Gasteiger partial charge in [-0.15, -0.1) is 6.42 Å². The van der Waals surface area contributed by atoms with Crippen molar-refractivity contribution < 1.29 is 23.7 Å². The summed E-state index contributed by atoms with van der Waals surface area (Å²) in [7, 11) is 2.96. The first-order chi connectivity index (χ1) is 14.6. The molecule has 1 saturated heterocycles. The maximum absolute atomic E-state index is 12.6. The highest BCUT2D eigenvalue weighted by molar-refractivity contribution is 5.92. The minimum atomic E-state index is -0.232. The molecule has 0 saturated carbocycles. The lowest BCUT2D eigenvalue weighted by Crippen LogP contribution is -2.47. The first-order valence-corrected chi connectivity index (χ1v) is 9.36. The fourth-order valence-corrected chi connectivity index (χ4v) is 2.89. The largest absolute Gasteiger partial charge is 0.491 e. The van der Waals surface area contributed by atoms with Crippen LogP contribution in [0.3, 0.4) is 0 Å². The Hall–Kier alpha value is -3.57. The van der Waals surface area contributed by atoms with E-state index in [1.54, 1.807) is 17.0 Å². The van der Waals surface area contributed by atoms with Gasteiger partial charge in [0.05, 0.1) is 32.9 Å². The summed E-state index contributed by atoms with van der Waals surface area (Å²) in [5.74, 6) is 3.43. The summed E-state index contributed by atoms with van der Waals surface area (Å²) in [6.07, 6.45) is 9.80. The summed E-state index contributed by atoms with van der Waals surface area (Å²) < 4.78 is 21.7. The van der Waals surface area contributed by atoms with Crippen molar-refractivity contribution in [3.05, 3.63) is 47.7 Å². The van der Waals surface area contributed by atoms with Crippen molar-refractivity contribution in [3.63, 3.8) is 0 Å². The first-order valence-electron chi connectivity index (χ1n) is 9.36. The Kier molecular flexibility index (Phi) is 7.24. The molecule has 0 N–H and O–H groups in total. The van der Waals surface area contributed by atoms with Crippen molar-refractivity contribution in [2.45, 2.75) is 6.10 Å². The second kappa shape index (κ2) is 10.3. The summed E-state index contributed by atoms with van der Waals surface area (Å²) in [6, 6.07) is 7.49. The van der Waals surface area contributed by atoms with E-state index >= 15 is 0 Å². The van der Waals surface area contributed by atoms with E-state index in [1.807, 2.05) is 18.2 Å². The summed E-state index contributed by atoms with van der Waals surface area (Å²) >= 11 is 0. The second-order valence-corrected chi connectivity index (χ2v) is 6.41. The Morgan fingerprint density at radius 3 is 3.03 bits per heavy atom. The smallest absolute Gasteiger partial charge is 0.319 e. The number of carbonyl (C=O) groups excluding carboxylic acids is 1. The third kappa shape index (κ3) is 5.49. The molecular formula is C22H23N3O5. The number of benzene rings is 1. The van der Waals surface area contributed by atoms with E-state index in [0.29, 0.717) is 43.5 Å². The topological polar surface area (TPSA) is 83.0 Å². The monoisotopic (exact) mass is 409 g/mol. The molecule has 3 rings (SSSR count). The molecule has 1 aromatic heterocycles. The van der Waals surface area contributed by atoms with Gasteiger partial charge in [-0.05, 0) is 24.3 Å². The first kappa shape index (κ1) is 21.1. The van der Waals surface area contributed by atoms with Crippen molar-refractivity contribution in [2.75, 3.05) is 40.5 Å². The van der Waals surface area contributed by atoms with Crippen LogP contribution in [-0.2, 0) is 9.53 Å². The molecule has 1 aliphatic rings. The molecule has 0 radical (unpaired) electrons. The predicted octanol–water partition coefficient (Wildman–Crippen LogP) is 1.79. The second-order valence-electron chi connectivity index (χ2n) is 6.41. The minimum Gasteiger partial charge on any atom is -0.491 e. The minimum absolute atomic E-state index is 0.143. The van der Waals surface area contributed by atoms with E-state index in [-0.39, 0.29) is 18.0 Å². The zero-order chi connectivity index (χ0) is 21.3. The molecule has 30 heavy (non-hydrogen) atoms. The molecule has 1 aromatic carbocycles. The Morgan fingerprint density at radius 2 is 2.27 bits per heavy atom. The third-order valence-electron chi connectivity index (χ3n) is 4.43. The average Bonchev–Trinajstić information content (AvgIpc) is 2.81. The molecule has 1 amide bonds. The van der Waals surface area contributed by atoms with Gasteiger partial charge in [-0.2, -0.15) is 4.98 Å². The lowest BCUT2D eigenvalue weighted by Gasteiger charge is -2.32. The van der Waals surface area contributed by atoms with Crippen LogP contribution in [0, 0.1) is 12.3 Å². The number of carbonyl (C=O) groups is 1. The van der Waals surface area contributed by atoms with E-state index in [0.717, 1.165) is 5.56 Å². The number of amides is 1. The number of ether oxygens (including phenoxy) is 4. The van der Waals surface area contributed by atoms with Crippen LogP contribution in [0.25, 0.3) is 6.08 Å². The fraction of sp³-hybridized carbons (Fsp3) is 0.318. The van der Waals surface area contributed by atoms with Crippen LogP contribution >= 0.6 is 0 Å². The SMILES string of the molecule is C#Cc1cccc(OCC2CN(C(=O)C=Cc3cnc(OC)nc3OC)CCO2)c1. The highest BCUT2D eigenvalue weighted by Gasteiger charge is 2.23. The summed E-state index contributed by atoms with van der Waals surface area (Å²) in [5, 5.41) is 0. The molecule has 0 spiro atoms. The van der Waals surface area contributed by atoms with Crippen molar-refractivity contribution in [2.24, 2.45) is 0 Å². The van der Waals surface area contributed by atoms with Gasteiger partial charge in [0.1, 0.15) is 18.5 Å². The normalized spacial score (nSPS) is 16.2. The van der Waals surface area contributed by atoms with E-state index < -0.39 is 0 Å². The van der Waals surface area contributed by atoms with Crippen molar-refractivity contribution in [1.82, 2.24) is 14.9 Å². The highest BCUT2D eigenvalue weighted by Crippen LogP contribution is 2.19. The average molecular weight is 409 g/mol. The molecular weight excluding hydrogens is 386 g/mol. The number of terminal acetylenes is 1. The van der Waals surface area contributed by atoms with Crippen LogP contribution in [0.1, 0.15) is 11.1 Å². The van der Waals surface area contributed by atoms with Crippen LogP contribution in [-0.4, -0.2) is 67.4 Å². The van der Waals surface area contributed by atoms with Gasteiger partial charge in [-0.3, -0.25) is 4.79 Å². The maximum atomic E-state index is 12.6. The lowest BCUT2D eigenvalue weighted by molar-refractivity contribution is -0.134. The molecule has 156 valence electrons. The van der Waals surface area contributed by atoms with Crippen molar-refractivity contribution in [3.8, 4) is 30.0 Å². The summed E-state index contributed by atoms with van der Waals surface area (Å²) in [5.41, 5.74) is 1.32. The number of aromatic nitrogens is 2. The van der Waals surface area contributed by atoms with E-state index in [1.165, 1.54) is 26.5 Å². The lowest BCUT2D eigenvalue weighted by atomic mass is 10.2. The number of hydrogen-bond acceptors (Lipinski definition) is 7. The molecule has 0 bridgehead atoms. The molecule has 1 atom stereocenters. The van der Waals surface area contributed by atoms with Crippen molar-refractivity contribution >= 4 is 12.0 Å². The standard InChI is InChI=1S/C22H23N3O5/c1-4-16-6-5-7-18(12-16)30-15-19-14-25(10-11-29-19)20(26)9-8-17-13-23-22(28-3)24-21(17)27-2/h1,5-9,12-13,19H,10-11,14-15H2,2-3H3. The molecule has 1 aliphatic heterocycles. The van der Waals surface area contributed by atoms with Gasteiger partial charge in [0.2, 0.25) is 11.8 Å². The van der Waals surface area contributed by atoms with E-state index in [9.17, 15) is 4.79 Å². The predicted molar refractivity (Wildman–Crippen MR) is 110 cm³/mol. The number of nitrogens with zero attached hydrogens (tertiary/aromatic N) is 3. The van der Waals surface area contributed by atoms with Gasteiger partial charge in [0.25, 0.3) is 0 Å². The van der Waals surface area contributed by atoms with Gasteiger partial charge in [-0.1, -0.05) is 12.0 Å². The molecule has 1 unspecified atom stereocenters. The fourth-order valence-electron chi connectivity index (χ4n) is 2.89. The Morgan fingerprint density at radius 1 is 1.40 bits per heavy atom. The number of morpholine rings is 1. The summed E-state index contributed by atoms with van der Waals surface area (Å²) in [6.45, 7) is 1.69. The van der Waals surface area contributed by atoms with Gasteiger partial charge < -0.3 is 23.8 Å². The Labute approximate surface area is 175 Å². The zero-order valence-electron chi connectivity index (χ0n) is 16.9. The van der Waals surface area contributed by atoms with Crippen LogP contribution in [0.4, 0.5) is 0 Å². The number of rotatable bonds is 7. The van der Waals surface area contributed by atoms with Crippen LogP contribution in [0.15, 0.2) is 36.5 Å². The maximum Gasteiger partial charge on any atom is 0.319 e. The molecule has 8 nitrogen and oxygen atoms in total. The number of hydrogen-bond donors (Lipinski definition) is 0. The van der Waals surface area contributed by atoms with Gasteiger partial charge >= 0.3 is 6.01 Å². The molecule has 8 heteroatoms. The van der Waals surface area contributed by atoms with Crippen LogP contribution in [0.2, 0.25) is 0 Å². The third-order valence-corrected chi connectivity index (χ3v) is 4.43. The summed E-state index contributed by atoms with van der Waals surface area (Å²) in [4.78, 5) is 22.5. The van der Waals surface area contributed by atoms with Gasteiger partial charge in [0.15, 0.2) is 0 Å². The highest BCUT2D eigenvalue weighted by atomic mass is 16.5. The van der Waals surface area contributed by atoms with E-state index in [4.69, 9.17) is 25.4 Å². The molecule has 0 aliphatic carbocycles. The van der Waals surface area contributed by atoms with Crippen LogP contribution in [0.5, 0.6) is 17.6 Å². The zero-order valence-corrected chi connectivity index (χ0v) is 16.9. The Balaban J connectivity index is 1.57. The van der Waals surface area contributed by atoms with Crippen LogP contribution < -0.4 is 14.2 Å². The van der Waals surface area contributed by atoms with Crippen molar-refractivity contribution in [1.29, 1.82) is 0 Å². The molecule has 2 heterocycles. The quantitative estimate of drug-likeness (QED) is 0.509.